The van der Waals surface area contributed by atoms with E-state index in [1.165, 1.54) is 18.4 Å². The first kappa shape index (κ1) is 26.5. The number of esters is 1. The van der Waals surface area contributed by atoms with Crippen molar-refractivity contribution in [1.29, 1.82) is 5.41 Å². The van der Waals surface area contributed by atoms with Gasteiger partial charge in [-0.15, -0.1) is 12.4 Å². The highest BCUT2D eigenvalue weighted by Crippen LogP contribution is 2.40. The maximum Gasteiger partial charge on any atom is 0.333 e. The molecular formula is C25H35ClN4O3. The molecule has 6 N–H and O–H groups in total. The van der Waals surface area contributed by atoms with Crippen molar-refractivity contribution in [3.8, 4) is 5.75 Å². The van der Waals surface area contributed by atoms with E-state index in [1.54, 1.807) is 31.2 Å². The van der Waals surface area contributed by atoms with Crippen LogP contribution in [0.15, 0.2) is 36.4 Å². The highest BCUT2D eigenvalue weighted by Gasteiger charge is 2.29. The molecular weight excluding hydrogens is 440 g/mol. The Balaban J connectivity index is 0.00000385. The molecule has 0 aromatic heterocycles. The molecule has 0 bridgehead atoms. The molecule has 1 atom stereocenters. The van der Waals surface area contributed by atoms with Crippen LogP contribution in [0.25, 0.3) is 0 Å². The number of halogens is 1. The molecule has 1 unspecified atom stereocenters. The molecule has 1 aliphatic carbocycles. The Morgan fingerprint density at radius 3 is 2.36 bits per heavy atom. The summed E-state index contributed by atoms with van der Waals surface area (Å²) < 4.78 is 11.3. The van der Waals surface area contributed by atoms with E-state index in [0.29, 0.717) is 24.6 Å². The molecule has 0 aliphatic heterocycles. The molecule has 180 valence electrons. The van der Waals surface area contributed by atoms with Gasteiger partial charge in [0.05, 0.1) is 13.2 Å². The number of hydrogen-bond acceptors (Lipinski definition) is 6. The van der Waals surface area contributed by atoms with Gasteiger partial charge in [0.25, 0.3) is 0 Å². The number of nitrogen functional groups attached to an aromatic ring is 1. The van der Waals surface area contributed by atoms with Crippen molar-refractivity contribution in [1.82, 2.24) is 0 Å². The number of carbonyl (C=O) groups excluding carboxylic acids is 1. The lowest BCUT2D eigenvalue weighted by molar-refractivity contribution is -0.144. The Kier molecular flexibility index (Phi) is 10.0. The van der Waals surface area contributed by atoms with E-state index in [9.17, 15) is 4.79 Å². The molecule has 0 spiro atoms. The molecule has 0 amide bonds. The van der Waals surface area contributed by atoms with Crippen LogP contribution in [0.3, 0.4) is 0 Å². The average molecular weight is 475 g/mol. The largest absolute Gasteiger partial charge is 0.494 e. The van der Waals surface area contributed by atoms with E-state index in [4.69, 9.17) is 26.4 Å². The minimum absolute atomic E-state index is 0. The number of carbonyl (C=O) groups is 1. The van der Waals surface area contributed by atoms with Gasteiger partial charge in [0.1, 0.15) is 11.6 Å². The lowest BCUT2D eigenvalue weighted by atomic mass is 9.87. The SMILES string of the molecule is CCOC(=O)C(Nc1ccc(C(=N)N)cc1)c1cc(OCC)cc(C2CCCC2)c1CN.Cl. The summed E-state index contributed by atoms with van der Waals surface area (Å²) in [4.78, 5) is 13.1. The fourth-order valence-electron chi connectivity index (χ4n) is 4.44. The van der Waals surface area contributed by atoms with Gasteiger partial charge in [-0.3, -0.25) is 5.41 Å². The maximum atomic E-state index is 13.1. The molecule has 2 aromatic carbocycles. The highest BCUT2D eigenvalue weighted by atomic mass is 35.5. The number of ether oxygens (including phenoxy) is 2. The normalized spacial score (nSPS) is 14.3. The van der Waals surface area contributed by atoms with E-state index >= 15 is 0 Å². The van der Waals surface area contributed by atoms with Crippen LogP contribution < -0.4 is 21.5 Å². The van der Waals surface area contributed by atoms with Crippen molar-refractivity contribution in [2.24, 2.45) is 11.5 Å². The Hall–Kier alpha value is -2.77. The molecule has 0 saturated heterocycles. The number of amidine groups is 1. The maximum absolute atomic E-state index is 13.1. The zero-order valence-electron chi connectivity index (χ0n) is 19.4. The number of nitrogens with one attached hydrogen (secondary N) is 2. The van der Waals surface area contributed by atoms with Crippen LogP contribution in [-0.2, 0) is 16.1 Å². The molecule has 1 aliphatic rings. The predicted octanol–water partition coefficient (Wildman–Crippen LogP) is 4.62. The third kappa shape index (κ3) is 6.39. The van der Waals surface area contributed by atoms with E-state index < -0.39 is 6.04 Å². The van der Waals surface area contributed by atoms with E-state index in [2.05, 4.69) is 11.4 Å². The van der Waals surface area contributed by atoms with E-state index in [0.717, 1.165) is 35.4 Å². The monoisotopic (exact) mass is 474 g/mol. The van der Waals surface area contributed by atoms with Crippen LogP contribution in [0, 0.1) is 5.41 Å². The average Bonchev–Trinajstić information content (AvgIpc) is 3.32. The Morgan fingerprint density at radius 1 is 1.15 bits per heavy atom. The third-order valence-electron chi connectivity index (χ3n) is 5.94. The van der Waals surface area contributed by atoms with Crippen molar-refractivity contribution in [3.63, 3.8) is 0 Å². The van der Waals surface area contributed by atoms with Crippen LogP contribution in [0.2, 0.25) is 0 Å². The van der Waals surface area contributed by atoms with Gasteiger partial charge in [0.2, 0.25) is 0 Å². The van der Waals surface area contributed by atoms with Crippen molar-refractivity contribution in [2.45, 2.75) is 58.0 Å². The summed E-state index contributed by atoms with van der Waals surface area (Å²) in [6.45, 7) is 4.88. The summed E-state index contributed by atoms with van der Waals surface area (Å²) in [5.74, 6) is 0.786. The van der Waals surface area contributed by atoms with Crippen LogP contribution in [-0.4, -0.2) is 25.0 Å². The quantitative estimate of drug-likeness (QED) is 0.226. The van der Waals surface area contributed by atoms with Gasteiger partial charge in [0, 0.05) is 17.8 Å². The topological polar surface area (TPSA) is 123 Å². The zero-order chi connectivity index (χ0) is 23.1. The van der Waals surface area contributed by atoms with Gasteiger partial charge in [-0.05, 0) is 85.7 Å². The summed E-state index contributed by atoms with van der Waals surface area (Å²) in [6, 6.07) is 10.4. The Bertz CT molecular complexity index is 943. The molecule has 0 radical (unpaired) electrons. The molecule has 33 heavy (non-hydrogen) atoms. The summed E-state index contributed by atoms with van der Waals surface area (Å²) in [7, 11) is 0. The molecule has 1 fully saturated rings. The molecule has 2 aromatic rings. The zero-order valence-corrected chi connectivity index (χ0v) is 20.2. The lowest BCUT2D eigenvalue weighted by Gasteiger charge is -2.26. The minimum atomic E-state index is -0.739. The van der Waals surface area contributed by atoms with Crippen LogP contribution in [0.4, 0.5) is 5.69 Å². The predicted molar refractivity (Wildman–Crippen MR) is 134 cm³/mol. The first-order valence-corrected chi connectivity index (χ1v) is 11.4. The Morgan fingerprint density at radius 2 is 1.82 bits per heavy atom. The van der Waals surface area contributed by atoms with Gasteiger partial charge in [0.15, 0.2) is 6.04 Å². The van der Waals surface area contributed by atoms with Gasteiger partial charge in [-0.1, -0.05) is 12.8 Å². The molecule has 1 saturated carbocycles. The molecule has 8 heteroatoms. The second-order valence-corrected chi connectivity index (χ2v) is 8.02. The molecule has 0 heterocycles. The van der Waals surface area contributed by atoms with E-state index in [1.807, 2.05) is 13.0 Å². The molecule has 3 rings (SSSR count). The summed E-state index contributed by atoms with van der Waals surface area (Å²) in [5, 5.41) is 10.9. The van der Waals surface area contributed by atoms with Crippen LogP contribution in [0.1, 0.15) is 73.7 Å². The van der Waals surface area contributed by atoms with Crippen molar-refractivity contribution in [3.05, 3.63) is 58.7 Å². The standard InChI is InChI=1S/C25H34N4O3.ClH/c1-3-31-19-13-20(16-7-5-6-8-16)22(15-26)21(14-19)23(25(30)32-4-2)29-18-11-9-17(10-12-18)24(27)28;/h9-14,16,23,29H,3-8,15,26H2,1-2H3,(H3,27,28);1H. The van der Waals surface area contributed by atoms with Crippen LogP contribution in [0.5, 0.6) is 5.75 Å². The van der Waals surface area contributed by atoms with Crippen LogP contribution >= 0.6 is 12.4 Å². The first-order valence-electron chi connectivity index (χ1n) is 11.4. The number of anilines is 1. The lowest BCUT2D eigenvalue weighted by Crippen LogP contribution is -2.26. The van der Waals surface area contributed by atoms with Gasteiger partial charge in [-0.2, -0.15) is 0 Å². The van der Waals surface area contributed by atoms with Gasteiger partial charge >= 0.3 is 5.97 Å². The van der Waals surface area contributed by atoms with Crippen molar-refractivity contribution < 1.29 is 14.3 Å². The van der Waals surface area contributed by atoms with Crippen molar-refractivity contribution >= 4 is 29.9 Å². The number of rotatable bonds is 10. The number of nitrogens with two attached hydrogens (primary N) is 2. The molecule has 7 nitrogen and oxygen atoms in total. The second-order valence-electron chi connectivity index (χ2n) is 8.02. The fraction of sp³-hybridized carbons (Fsp3) is 0.440. The minimum Gasteiger partial charge on any atom is -0.494 e. The number of hydrogen-bond donors (Lipinski definition) is 4. The fourth-order valence-corrected chi connectivity index (χ4v) is 4.44. The smallest absolute Gasteiger partial charge is 0.333 e. The summed E-state index contributed by atoms with van der Waals surface area (Å²) in [5.41, 5.74) is 16.1. The highest BCUT2D eigenvalue weighted by molar-refractivity contribution is 5.95. The van der Waals surface area contributed by atoms with Crippen molar-refractivity contribution in [2.75, 3.05) is 18.5 Å². The first-order chi connectivity index (χ1) is 15.5. The summed E-state index contributed by atoms with van der Waals surface area (Å²) in [6.07, 6.45) is 4.63. The second kappa shape index (κ2) is 12.5. The number of benzene rings is 2. The third-order valence-corrected chi connectivity index (χ3v) is 5.94. The summed E-state index contributed by atoms with van der Waals surface area (Å²) >= 11 is 0. The van der Waals surface area contributed by atoms with Gasteiger partial charge < -0.3 is 26.3 Å². The van der Waals surface area contributed by atoms with E-state index in [-0.39, 0.29) is 30.8 Å². The Labute approximate surface area is 202 Å². The van der Waals surface area contributed by atoms with Gasteiger partial charge in [-0.25, -0.2) is 4.79 Å².